The summed E-state index contributed by atoms with van der Waals surface area (Å²) in [6.07, 6.45) is 1.41. The van der Waals surface area contributed by atoms with E-state index >= 15 is 0 Å². The molecule has 0 unspecified atom stereocenters. The minimum atomic E-state index is -0.657. The second-order valence-electron chi connectivity index (χ2n) is 6.53. The lowest BCUT2D eigenvalue weighted by atomic mass is 10.1. The number of amides is 2. The molecule has 0 saturated carbocycles. The van der Waals surface area contributed by atoms with Crippen LogP contribution in [-0.2, 0) is 4.79 Å². The van der Waals surface area contributed by atoms with Gasteiger partial charge in [0.05, 0.1) is 22.8 Å². The summed E-state index contributed by atoms with van der Waals surface area (Å²) < 4.78 is 5.09. The summed E-state index contributed by atoms with van der Waals surface area (Å²) in [6, 6.07) is 20.1. The number of hydrogen-bond donors (Lipinski definition) is 2. The van der Waals surface area contributed by atoms with Crippen LogP contribution in [0, 0.1) is 11.3 Å². The van der Waals surface area contributed by atoms with E-state index in [9.17, 15) is 14.9 Å². The van der Waals surface area contributed by atoms with Crippen molar-refractivity contribution in [3.05, 3.63) is 93.5 Å². The Labute approximate surface area is 195 Å². The van der Waals surface area contributed by atoms with Crippen LogP contribution >= 0.6 is 23.2 Å². The highest BCUT2D eigenvalue weighted by Gasteiger charge is 2.14. The van der Waals surface area contributed by atoms with Gasteiger partial charge in [0.25, 0.3) is 11.8 Å². The van der Waals surface area contributed by atoms with Gasteiger partial charge in [-0.1, -0.05) is 41.4 Å². The Hall–Kier alpha value is -3.79. The first-order chi connectivity index (χ1) is 15.4. The molecule has 6 nitrogen and oxygen atoms in total. The summed E-state index contributed by atoms with van der Waals surface area (Å²) in [4.78, 5) is 25.0. The predicted octanol–water partition coefficient (Wildman–Crippen LogP) is 5.80. The summed E-state index contributed by atoms with van der Waals surface area (Å²) in [5.74, 6) is -0.315. The summed E-state index contributed by atoms with van der Waals surface area (Å²) >= 11 is 12.1. The van der Waals surface area contributed by atoms with E-state index in [1.165, 1.54) is 6.08 Å². The molecule has 160 valence electrons. The molecule has 0 bridgehead atoms. The van der Waals surface area contributed by atoms with Crippen molar-refractivity contribution in [2.45, 2.75) is 0 Å². The molecular formula is C24H17Cl2N3O3. The molecule has 0 spiro atoms. The smallest absolute Gasteiger partial charge is 0.266 e. The van der Waals surface area contributed by atoms with Gasteiger partial charge < -0.3 is 15.4 Å². The molecule has 0 atom stereocenters. The van der Waals surface area contributed by atoms with Crippen molar-refractivity contribution < 1.29 is 14.3 Å². The van der Waals surface area contributed by atoms with Crippen molar-refractivity contribution >= 4 is 52.5 Å². The number of halogens is 2. The predicted molar refractivity (Wildman–Crippen MR) is 126 cm³/mol. The maximum absolute atomic E-state index is 12.6. The molecule has 2 amide bonds. The first kappa shape index (κ1) is 22.9. The molecule has 8 heteroatoms. The van der Waals surface area contributed by atoms with E-state index in [1.807, 2.05) is 6.07 Å². The molecule has 0 aliphatic heterocycles. The Morgan fingerprint density at radius 3 is 2.25 bits per heavy atom. The van der Waals surface area contributed by atoms with Crippen molar-refractivity contribution in [2.24, 2.45) is 0 Å². The van der Waals surface area contributed by atoms with Crippen LogP contribution in [0.3, 0.4) is 0 Å². The number of ether oxygens (including phenoxy) is 1. The van der Waals surface area contributed by atoms with Crippen LogP contribution < -0.4 is 15.4 Å². The molecule has 0 aromatic heterocycles. The second-order valence-corrected chi connectivity index (χ2v) is 7.34. The summed E-state index contributed by atoms with van der Waals surface area (Å²) in [6.45, 7) is 0. The zero-order chi connectivity index (χ0) is 23.1. The van der Waals surface area contributed by atoms with Crippen LogP contribution in [-0.4, -0.2) is 18.9 Å². The van der Waals surface area contributed by atoms with Gasteiger partial charge in [0.1, 0.15) is 17.4 Å². The molecule has 0 saturated heterocycles. The fourth-order valence-corrected chi connectivity index (χ4v) is 3.26. The Bertz CT molecular complexity index is 1210. The first-order valence-corrected chi connectivity index (χ1v) is 10.1. The molecule has 0 aliphatic carbocycles. The van der Waals surface area contributed by atoms with Gasteiger partial charge in [0, 0.05) is 11.3 Å². The molecule has 2 N–H and O–H groups in total. The lowest BCUT2D eigenvalue weighted by Gasteiger charge is -2.09. The minimum Gasteiger partial charge on any atom is -0.497 e. The van der Waals surface area contributed by atoms with Crippen molar-refractivity contribution in [1.29, 1.82) is 5.26 Å². The quantitative estimate of drug-likeness (QED) is 0.355. The van der Waals surface area contributed by atoms with E-state index in [4.69, 9.17) is 27.9 Å². The Kier molecular flexibility index (Phi) is 7.50. The zero-order valence-corrected chi connectivity index (χ0v) is 18.4. The third-order valence-corrected chi connectivity index (χ3v) is 5.00. The van der Waals surface area contributed by atoms with E-state index in [0.29, 0.717) is 22.6 Å². The van der Waals surface area contributed by atoms with Crippen LogP contribution in [0.4, 0.5) is 11.4 Å². The van der Waals surface area contributed by atoms with E-state index < -0.39 is 5.91 Å². The third-order valence-electron chi connectivity index (χ3n) is 4.37. The van der Waals surface area contributed by atoms with Crippen molar-refractivity contribution in [3.63, 3.8) is 0 Å². The topological polar surface area (TPSA) is 91.2 Å². The van der Waals surface area contributed by atoms with E-state index in [1.54, 1.807) is 73.8 Å². The van der Waals surface area contributed by atoms with Crippen LogP contribution in [0.15, 0.2) is 72.3 Å². The third kappa shape index (κ3) is 5.67. The van der Waals surface area contributed by atoms with Gasteiger partial charge in [0.2, 0.25) is 0 Å². The van der Waals surface area contributed by atoms with E-state index in [0.717, 1.165) is 0 Å². The van der Waals surface area contributed by atoms with Crippen LogP contribution in [0.2, 0.25) is 10.0 Å². The number of carbonyl (C=O) groups is 2. The molecule has 32 heavy (non-hydrogen) atoms. The summed E-state index contributed by atoms with van der Waals surface area (Å²) in [5, 5.41) is 15.3. The van der Waals surface area contributed by atoms with Crippen LogP contribution in [0.5, 0.6) is 5.75 Å². The van der Waals surface area contributed by atoms with Gasteiger partial charge in [0.15, 0.2) is 0 Å². The summed E-state index contributed by atoms with van der Waals surface area (Å²) in [7, 11) is 1.55. The van der Waals surface area contributed by atoms with Gasteiger partial charge in [-0.25, -0.2) is 0 Å². The monoisotopic (exact) mass is 465 g/mol. The number of methoxy groups -OCH3 is 1. The second kappa shape index (κ2) is 10.5. The molecular weight excluding hydrogens is 449 g/mol. The lowest BCUT2D eigenvalue weighted by Crippen LogP contribution is -2.14. The largest absolute Gasteiger partial charge is 0.497 e. The Morgan fingerprint density at radius 1 is 0.969 bits per heavy atom. The average Bonchev–Trinajstić information content (AvgIpc) is 2.80. The molecule has 0 aliphatic rings. The highest BCUT2D eigenvalue weighted by atomic mass is 35.5. The fraction of sp³-hybridized carbons (Fsp3) is 0.0417. The maximum Gasteiger partial charge on any atom is 0.266 e. The number of para-hydroxylation sites is 1. The minimum absolute atomic E-state index is 0.153. The van der Waals surface area contributed by atoms with E-state index in [2.05, 4.69) is 10.6 Å². The highest BCUT2D eigenvalue weighted by molar-refractivity contribution is 6.40. The fourth-order valence-electron chi connectivity index (χ4n) is 2.77. The first-order valence-electron chi connectivity index (χ1n) is 9.34. The van der Waals surface area contributed by atoms with Gasteiger partial charge in [-0.05, 0) is 60.2 Å². The van der Waals surface area contributed by atoms with Gasteiger partial charge in [-0.3, -0.25) is 9.59 Å². The molecule has 3 rings (SSSR count). The number of anilines is 2. The summed E-state index contributed by atoms with van der Waals surface area (Å²) in [5.41, 5.74) is 1.59. The maximum atomic E-state index is 12.6. The number of hydrogen-bond acceptors (Lipinski definition) is 4. The highest BCUT2D eigenvalue weighted by Crippen LogP contribution is 2.30. The molecule has 0 heterocycles. The van der Waals surface area contributed by atoms with Crippen molar-refractivity contribution in [3.8, 4) is 11.8 Å². The number of benzene rings is 3. The van der Waals surface area contributed by atoms with Crippen molar-refractivity contribution in [1.82, 2.24) is 0 Å². The SMILES string of the molecule is COc1ccc(C(=O)Nc2cccc(/C=C(\C#N)C(=O)Nc3c(Cl)cccc3Cl)c2)cc1. The number of nitrogens with one attached hydrogen (secondary N) is 2. The van der Waals surface area contributed by atoms with Crippen molar-refractivity contribution in [2.75, 3.05) is 17.7 Å². The van der Waals surface area contributed by atoms with Crippen LogP contribution in [0.1, 0.15) is 15.9 Å². The molecule has 0 fully saturated rings. The molecule has 3 aromatic carbocycles. The zero-order valence-electron chi connectivity index (χ0n) is 16.9. The Balaban J connectivity index is 1.77. The lowest BCUT2D eigenvalue weighted by molar-refractivity contribution is -0.112. The number of nitriles is 1. The standard InChI is InChI=1S/C24H17Cl2N3O3/c1-32-19-10-8-16(9-11-19)23(30)28-18-5-2-4-15(13-18)12-17(14-27)24(31)29-22-20(25)6-3-7-21(22)26/h2-13H,1H3,(H,28,30)(H,29,31)/b17-12+. The number of rotatable bonds is 6. The van der Waals surface area contributed by atoms with Gasteiger partial charge in [-0.2, -0.15) is 5.26 Å². The van der Waals surface area contributed by atoms with Crippen LogP contribution in [0.25, 0.3) is 6.08 Å². The molecule has 0 radical (unpaired) electrons. The normalized spacial score (nSPS) is 10.8. The van der Waals surface area contributed by atoms with Gasteiger partial charge >= 0.3 is 0 Å². The van der Waals surface area contributed by atoms with Gasteiger partial charge in [-0.15, -0.1) is 0 Å². The number of nitrogens with zero attached hydrogens (tertiary/aromatic N) is 1. The number of carbonyl (C=O) groups excluding carboxylic acids is 2. The molecule has 3 aromatic rings. The Morgan fingerprint density at radius 2 is 1.62 bits per heavy atom. The average molecular weight is 466 g/mol. The van der Waals surface area contributed by atoms with E-state index in [-0.39, 0.29) is 27.2 Å².